The molecule has 1 saturated heterocycles. The minimum absolute atomic E-state index is 0.107. The summed E-state index contributed by atoms with van der Waals surface area (Å²) in [4.78, 5) is 42.5. The summed E-state index contributed by atoms with van der Waals surface area (Å²) in [7, 11) is 0. The van der Waals surface area contributed by atoms with E-state index in [9.17, 15) is 14.4 Å². The Kier molecular flexibility index (Phi) is 6.67. The Morgan fingerprint density at radius 1 is 1.18 bits per heavy atom. The van der Waals surface area contributed by atoms with E-state index in [0.29, 0.717) is 31.2 Å². The number of amides is 2. The first-order valence-corrected chi connectivity index (χ1v) is 11.2. The smallest absolute Gasteiger partial charge is 0.273 e. The third-order valence-electron chi connectivity index (χ3n) is 5.70. The first-order chi connectivity index (χ1) is 15.9. The molecule has 1 aliphatic heterocycles. The number of nitrogens with one attached hydrogen (secondary N) is 2. The molecule has 4 rings (SSSR count). The van der Waals surface area contributed by atoms with Gasteiger partial charge in [0.25, 0.3) is 17.4 Å². The number of aromatic amines is 1. The molecule has 0 saturated carbocycles. The van der Waals surface area contributed by atoms with Gasteiger partial charge in [0.2, 0.25) is 0 Å². The van der Waals surface area contributed by atoms with Crippen LogP contribution in [0.4, 0.5) is 0 Å². The van der Waals surface area contributed by atoms with Crippen molar-refractivity contribution in [3.63, 3.8) is 0 Å². The summed E-state index contributed by atoms with van der Waals surface area (Å²) in [5, 5.41) is 10.9. The van der Waals surface area contributed by atoms with Gasteiger partial charge in [0.05, 0.1) is 12.2 Å². The van der Waals surface area contributed by atoms with Crippen LogP contribution in [0.1, 0.15) is 53.6 Å². The topological polar surface area (TPSA) is 113 Å². The number of pyridine rings is 1. The average molecular weight is 449 g/mol. The number of carbonyl (C=O) groups excluding carboxylic acids is 2. The van der Waals surface area contributed by atoms with Crippen molar-refractivity contribution in [3.8, 4) is 11.3 Å². The second kappa shape index (κ2) is 9.81. The van der Waals surface area contributed by atoms with Gasteiger partial charge in [-0.15, -0.1) is 5.10 Å². The van der Waals surface area contributed by atoms with E-state index in [1.54, 1.807) is 27.9 Å². The average Bonchev–Trinajstić information content (AvgIpc) is 3.33. The summed E-state index contributed by atoms with van der Waals surface area (Å²) in [5.74, 6) is -0.230. The molecule has 2 N–H and O–H groups in total. The van der Waals surface area contributed by atoms with Crippen molar-refractivity contribution in [2.45, 2.75) is 32.7 Å². The Labute approximate surface area is 191 Å². The van der Waals surface area contributed by atoms with Gasteiger partial charge in [0.15, 0.2) is 5.69 Å². The molecule has 33 heavy (non-hydrogen) atoms. The van der Waals surface area contributed by atoms with Crippen LogP contribution in [0.25, 0.3) is 11.3 Å². The lowest BCUT2D eigenvalue weighted by molar-refractivity contribution is 0.0669. The summed E-state index contributed by atoms with van der Waals surface area (Å²) >= 11 is 0. The number of benzene rings is 1. The molecule has 1 aromatic carbocycles. The zero-order valence-corrected chi connectivity index (χ0v) is 18.8. The highest BCUT2D eigenvalue weighted by Gasteiger charge is 2.28. The number of H-pyrrole nitrogens is 1. The summed E-state index contributed by atoms with van der Waals surface area (Å²) in [5.41, 5.74) is 1.51. The maximum Gasteiger partial charge on any atom is 0.273 e. The first-order valence-electron chi connectivity index (χ1n) is 11.2. The molecular formula is C24H28N6O3. The number of likely N-dealkylation sites (tertiary alicyclic amines) is 1. The van der Waals surface area contributed by atoms with Crippen molar-refractivity contribution in [1.29, 1.82) is 0 Å². The fourth-order valence-corrected chi connectivity index (χ4v) is 3.90. The van der Waals surface area contributed by atoms with Gasteiger partial charge < -0.3 is 15.2 Å². The first kappa shape index (κ1) is 22.4. The highest BCUT2D eigenvalue weighted by molar-refractivity contribution is 5.94. The second-order valence-electron chi connectivity index (χ2n) is 8.72. The van der Waals surface area contributed by atoms with Crippen LogP contribution >= 0.6 is 0 Å². The second-order valence-corrected chi connectivity index (χ2v) is 8.72. The number of hydrogen-bond donors (Lipinski definition) is 2. The van der Waals surface area contributed by atoms with E-state index in [-0.39, 0.29) is 29.1 Å². The maximum absolute atomic E-state index is 13.1. The SMILES string of the molecule is CC(C)CNC(=O)c1cn(C2CCCN(C(=O)c3ccc(-c4ccccc4)[nH]c3=O)C2)nn1. The van der Waals surface area contributed by atoms with Gasteiger partial charge in [-0.3, -0.25) is 14.4 Å². The fourth-order valence-electron chi connectivity index (χ4n) is 3.90. The normalized spacial score (nSPS) is 16.1. The van der Waals surface area contributed by atoms with Crippen LogP contribution in [0.15, 0.2) is 53.5 Å². The van der Waals surface area contributed by atoms with Gasteiger partial charge in [-0.25, -0.2) is 4.68 Å². The lowest BCUT2D eigenvalue weighted by Gasteiger charge is -2.32. The quantitative estimate of drug-likeness (QED) is 0.602. The zero-order valence-electron chi connectivity index (χ0n) is 18.8. The molecule has 3 heterocycles. The van der Waals surface area contributed by atoms with Crippen molar-refractivity contribution in [2.75, 3.05) is 19.6 Å². The Morgan fingerprint density at radius 2 is 1.97 bits per heavy atom. The lowest BCUT2D eigenvalue weighted by Crippen LogP contribution is -2.42. The van der Waals surface area contributed by atoms with Crippen LogP contribution in [0, 0.1) is 5.92 Å². The highest BCUT2D eigenvalue weighted by atomic mass is 16.2. The molecule has 2 amide bonds. The molecule has 0 spiro atoms. The monoisotopic (exact) mass is 448 g/mol. The van der Waals surface area contributed by atoms with Crippen LogP contribution in [-0.2, 0) is 0 Å². The third-order valence-corrected chi connectivity index (χ3v) is 5.70. The van der Waals surface area contributed by atoms with Crippen molar-refractivity contribution >= 4 is 11.8 Å². The van der Waals surface area contributed by atoms with Crippen LogP contribution in [0.2, 0.25) is 0 Å². The maximum atomic E-state index is 13.1. The van der Waals surface area contributed by atoms with E-state index < -0.39 is 5.56 Å². The number of aromatic nitrogens is 4. The van der Waals surface area contributed by atoms with Gasteiger partial charge in [-0.05, 0) is 36.5 Å². The molecule has 172 valence electrons. The Morgan fingerprint density at radius 3 is 2.70 bits per heavy atom. The number of rotatable bonds is 6. The minimum Gasteiger partial charge on any atom is -0.350 e. The number of nitrogens with zero attached hydrogens (tertiary/aromatic N) is 4. The van der Waals surface area contributed by atoms with E-state index in [4.69, 9.17) is 0 Å². The Hall–Kier alpha value is -3.75. The van der Waals surface area contributed by atoms with E-state index in [2.05, 4.69) is 20.6 Å². The van der Waals surface area contributed by atoms with E-state index in [0.717, 1.165) is 18.4 Å². The molecule has 3 aromatic rings. The molecular weight excluding hydrogens is 420 g/mol. The molecule has 0 aliphatic carbocycles. The van der Waals surface area contributed by atoms with Crippen molar-refractivity contribution < 1.29 is 9.59 Å². The molecule has 0 radical (unpaired) electrons. The van der Waals surface area contributed by atoms with Crippen LogP contribution in [0.3, 0.4) is 0 Å². The Bertz CT molecular complexity index is 1180. The predicted octanol–water partition coefficient (Wildman–Crippen LogP) is 2.50. The van der Waals surface area contributed by atoms with Gasteiger partial charge in [0.1, 0.15) is 5.56 Å². The largest absolute Gasteiger partial charge is 0.350 e. The Balaban J connectivity index is 1.45. The number of piperidine rings is 1. The highest BCUT2D eigenvalue weighted by Crippen LogP contribution is 2.22. The van der Waals surface area contributed by atoms with E-state index in [1.807, 2.05) is 44.2 Å². The zero-order chi connectivity index (χ0) is 23.4. The van der Waals surface area contributed by atoms with Crippen molar-refractivity contribution in [3.05, 3.63) is 70.3 Å². The lowest BCUT2D eigenvalue weighted by atomic mass is 10.0. The van der Waals surface area contributed by atoms with E-state index in [1.165, 1.54) is 0 Å². The van der Waals surface area contributed by atoms with Gasteiger partial charge >= 0.3 is 0 Å². The summed E-state index contributed by atoms with van der Waals surface area (Å²) in [6, 6.07) is 12.7. The van der Waals surface area contributed by atoms with Crippen LogP contribution in [-0.4, -0.2) is 56.3 Å². The fraction of sp³-hybridized carbons (Fsp3) is 0.375. The van der Waals surface area contributed by atoms with Gasteiger partial charge in [-0.1, -0.05) is 49.4 Å². The van der Waals surface area contributed by atoms with Crippen molar-refractivity contribution in [2.24, 2.45) is 5.92 Å². The molecule has 2 aromatic heterocycles. The standard InChI is InChI=1S/C24H28N6O3/c1-16(2)13-25-23(32)21-15-30(28-27-21)18-9-6-12-29(14-18)24(33)19-10-11-20(26-22(19)31)17-7-4-3-5-8-17/h3-5,7-8,10-11,15-16,18H,6,9,12-14H2,1-2H3,(H,25,32)(H,26,31). The molecule has 1 unspecified atom stereocenters. The van der Waals surface area contributed by atoms with Crippen LogP contribution < -0.4 is 10.9 Å². The summed E-state index contributed by atoms with van der Waals surface area (Å²) < 4.78 is 1.65. The predicted molar refractivity (Wildman–Crippen MR) is 124 cm³/mol. The molecule has 1 aliphatic rings. The van der Waals surface area contributed by atoms with Gasteiger partial charge in [0, 0.05) is 25.3 Å². The molecule has 1 fully saturated rings. The van der Waals surface area contributed by atoms with Crippen LogP contribution in [0.5, 0.6) is 0 Å². The van der Waals surface area contributed by atoms with E-state index >= 15 is 0 Å². The number of hydrogen-bond acceptors (Lipinski definition) is 5. The molecule has 9 heteroatoms. The van der Waals surface area contributed by atoms with Crippen molar-refractivity contribution in [1.82, 2.24) is 30.2 Å². The molecule has 1 atom stereocenters. The summed E-state index contributed by atoms with van der Waals surface area (Å²) in [6.45, 7) is 5.56. The summed E-state index contributed by atoms with van der Waals surface area (Å²) in [6.07, 6.45) is 3.20. The number of carbonyl (C=O) groups is 2. The molecule has 9 nitrogen and oxygen atoms in total. The minimum atomic E-state index is -0.409. The third kappa shape index (κ3) is 5.19. The van der Waals surface area contributed by atoms with Gasteiger partial charge in [-0.2, -0.15) is 0 Å². The molecule has 0 bridgehead atoms.